The normalized spacial score (nSPS) is 43.7. The minimum atomic E-state index is -4.14. The van der Waals surface area contributed by atoms with E-state index in [9.17, 15) is 18.3 Å². The average molecular weight is 433 g/mol. The molecule has 1 aromatic rings. The van der Waals surface area contributed by atoms with Crippen molar-refractivity contribution in [1.82, 2.24) is 9.80 Å². The summed E-state index contributed by atoms with van der Waals surface area (Å²) < 4.78 is 40.1. The summed E-state index contributed by atoms with van der Waals surface area (Å²) >= 11 is 0. The number of phenolic OH excluding ortho intramolecular Hbond substituents is 1. The summed E-state index contributed by atoms with van der Waals surface area (Å²) in [5.74, 6) is 1.82. The zero-order chi connectivity index (χ0) is 21.2. The second-order valence-corrected chi connectivity index (χ2v) is 11.5. The maximum atomic E-state index is 13.4. The van der Waals surface area contributed by atoms with E-state index in [4.69, 9.17) is 0 Å². The van der Waals surface area contributed by atoms with Gasteiger partial charge in [-0.3, -0.25) is 9.80 Å². The molecule has 3 saturated carbocycles. The molecule has 6 aliphatic rings. The van der Waals surface area contributed by atoms with Gasteiger partial charge < -0.3 is 5.11 Å². The van der Waals surface area contributed by atoms with Crippen molar-refractivity contribution in [3.8, 4) is 5.75 Å². The molecular formula is C25H31F3N2O. The van der Waals surface area contributed by atoms with Crippen molar-refractivity contribution in [2.75, 3.05) is 26.2 Å². The Morgan fingerprint density at radius 3 is 2.71 bits per heavy atom. The van der Waals surface area contributed by atoms with Crippen molar-refractivity contribution in [2.45, 2.75) is 68.6 Å². The first-order valence-corrected chi connectivity index (χ1v) is 12.2. The fraction of sp³-hybridized carbons (Fsp3) is 0.760. The highest BCUT2D eigenvalue weighted by Crippen LogP contribution is 2.75. The van der Waals surface area contributed by atoms with Gasteiger partial charge in [0, 0.05) is 30.6 Å². The van der Waals surface area contributed by atoms with Crippen molar-refractivity contribution >= 4 is 0 Å². The number of hydrogen-bond donors (Lipinski definition) is 1. The van der Waals surface area contributed by atoms with Gasteiger partial charge in [-0.15, -0.1) is 0 Å². The van der Waals surface area contributed by atoms with Gasteiger partial charge in [-0.2, -0.15) is 13.2 Å². The van der Waals surface area contributed by atoms with E-state index in [1.54, 1.807) is 4.90 Å². The summed E-state index contributed by atoms with van der Waals surface area (Å²) in [7, 11) is 0. The highest BCUT2D eigenvalue weighted by atomic mass is 19.4. The van der Waals surface area contributed by atoms with Gasteiger partial charge in [0.15, 0.2) is 0 Å². The number of piperidine rings is 1. The molecular weight excluding hydrogens is 401 g/mol. The van der Waals surface area contributed by atoms with Crippen LogP contribution in [0.1, 0.15) is 49.7 Å². The van der Waals surface area contributed by atoms with Gasteiger partial charge in [-0.1, -0.05) is 6.07 Å². The third kappa shape index (κ3) is 2.44. The molecule has 2 aliphatic heterocycles. The van der Waals surface area contributed by atoms with Crippen molar-refractivity contribution in [3.63, 3.8) is 0 Å². The van der Waals surface area contributed by atoms with Crippen molar-refractivity contribution < 1.29 is 18.3 Å². The molecule has 7 rings (SSSR count). The van der Waals surface area contributed by atoms with E-state index in [1.165, 1.54) is 30.5 Å². The SMILES string of the molecule is Oc1ccc2c(c1)C13CCN(CC4CC4)C(C2)C12CCC1C3[C@@H](CN1CC(F)(F)F)C2. The van der Waals surface area contributed by atoms with E-state index in [0.717, 1.165) is 44.6 Å². The van der Waals surface area contributed by atoms with E-state index in [-0.39, 0.29) is 16.9 Å². The highest BCUT2D eigenvalue weighted by molar-refractivity contribution is 5.50. The first-order chi connectivity index (χ1) is 14.8. The summed E-state index contributed by atoms with van der Waals surface area (Å²) in [6.07, 6.45) is 3.68. The second-order valence-electron chi connectivity index (χ2n) is 11.5. The molecule has 5 fully saturated rings. The molecule has 2 saturated heterocycles. The first kappa shape index (κ1) is 19.2. The number of nitrogens with zero attached hydrogens (tertiary/aromatic N) is 2. The number of aromatic hydroxyl groups is 1. The minimum absolute atomic E-state index is 0.0335. The van der Waals surface area contributed by atoms with Crippen LogP contribution in [0.3, 0.4) is 0 Å². The summed E-state index contributed by atoms with van der Waals surface area (Å²) in [4.78, 5) is 4.55. The number of rotatable bonds is 3. The largest absolute Gasteiger partial charge is 0.508 e. The summed E-state index contributed by atoms with van der Waals surface area (Å²) in [6, 6.07) is 6.46. The molecule has 0 spiro atoms. The lowest BCUT2D eigenvalue weighted by molar-refractivity contribution is -0.159. The number of halogens is 3. The van der Waals surface area contributed by atoms with Gasteiger partial charge in [0.05, 0.1) is 6.54 Å². The molecule has 2 heterocycles. The fourth-order valence-corrected chi connectivity index (χ4v) is 9.46. The number of phenols is 1. The maximum absolute atomic E-state index is 13.4. The smallest absolute Gasteiger partial charge is 0.401 e. The van der Waals surface area contributed by atoms with Crippen LogP contribution in [0.5, 0.6) is 5.75 Å². The van der Waals surface area contributed by atoms with E-state index in [1.807, 2.05) is 12.1 Å². The summed E-state index contributed by atoms with van der Waals surface area (Å²) in [5, 5.41) is 10.4. The molecule has 6 atom stereocenters. The van der Waals surface area contributed by atoms with Crippen LogP contribution in [0.4, 0.5) is 13.2 Å². The lowest BCUT2D eigenvalue weighted by atomic mass is 9.43. The molecule has 5 unspecified atom stereocenters. The quantitative estimate of drug-likeness (QED) is 0.770. The predicted octanol–water partition coefficient (Wildman–Crippen LogP) is 4.33. The van der Waals surface area contributed by atoms with Crippen molar-refractivity contribution in [3.05, 3.63) is 29.3 Å². The van der Waals surface area contributed by atoms with Crippen LogP contribution in [-0.4, -0.2) is 59.3 Å². The van der Waals surface area contributed by atoms with Gasteiger partial charge >= 0.3 is 6.18 Å². The molecule has 3 nitrogen and oxygen atoms in total. The standard InChI is InChI=1S/C25H31F3N2O/c26-25(27,28)14-30-13-17-11-23-6-5-20(30)22(17)24(23)7-8-29(12-15-1-2-15)21(23)9-16-3-4-18(31)10-19(16)24/h3-4,10,15,17,20-22,31H,1-2,5-9,11-14H2/t17-,20?,21?,22?,23?,24?/m1/s1. The summed E-state index contributed by atoms with van der Waals surface area (Å²) in [6.45, 7) is 2.10. The third-order valence-electron chi connectivity index (χ3n) is 10.3. The predicted molar refractivity (Wildman–Crippen MR) is 111 cm³/mol. The van der Waals surface area contributed by atoms with Crippen LogP contribution in [0, 0.1) is 23.2 Å². The van der Waals surface area contributed by atoms with Crippen LogP contribution >= 0.6 is 0 Å². The number of hydrogen-bond acceptors (Lipinski definition) is 3. The molecule has 0 radical (unpaired) electrons. The highest BCUT2D eigenvalue weighted by Gasteiger charge is 2.76. The molecule has 31 heavy (non-hydrogen) atoms. The molecule has 0 aromatic heterocycles. The van der Waals surface area contributed by atoms with Gasteiger partial charge in [0.25, 0.3) is 0 Å². The van der Waals surface area contributed by atoms with E-state index >= 15 is 0 Å². The Kier molecular flexibility index (Phi) is 3.71. The Morgan fingerprint density at radius 2 is 1.94 bits per heavy atom. The Hall–Kier alpha value is -1.27. The monoisotopic (exact) mass is 432 g/mol. The number of fused-ring (bicyclic) bond motifs is 1. The number of alkyl halides is 3. The fourth-order valence-electron chi connectivity index (χ4n) is 9.46. The van der Waals surface area contributed by atoms with Crippen LogP contribution in [-0.2, 0) is 11.8 Å². The zero-order valence-corrected chi connectivity index (χ0v) is 17.9. The molecule has 4 bridgehead atoms. The van der Waals surface area contributed by atoms with E-state index < -0.39 is 12.7 Å². The number of benzene rings is 1. The van der Waals surface area contributed by atoms with Crippen LogP contribution in [0.2, 0.25) is 0 Å². The third-order valence-corrected chi connectivity index (χ3v) is 10.3. The lowest BCUT2D eigenvalue weighted by Crippen LogP contribution is -2.69. The maximum Gasteiger partial charge on any atom is 0.401 e. The van der Waals surface area contributed by atoms with Crippen LogP contribution in [0.25, 0.3) is 0 Å². The minimum Gasteiger partial charge on any atom is -0.508 e. The number of likely N-dealkylation sites (tertiary alicyclic amines) is 2. The Bertz CT molecular complexity index is 930. The molecule has 168 valence electrons. The van der Waals surface area contributed by atoms with Crippen molar-refractivity contribution in [2.24, 2.45) is 23.2 Å². The second kappa shape index (κ2) is 5.99. The van der Waals surface area contributed by atoms with Gasteiger partial charge in [0.2, 0.25) is 0 Å². The molecule has 4 aliphatic carbocycles. The van der Waals surface area contributed by atoms with Crippen LogP contribution < -0.4 is 0 Å². The average Bonchev–Trinajstić information content (AvgIpc) is 3.40. The Labute approximate surface area is 181 Å². The van der Waals surface area contributed by atoms with E-state index in [2.05, 4.69) is 11.0 Å². The molecule has 6 heteroatoms. The first-order valence-electron chi connectivity index (χ1n) is 12.2. The zero-order valence-electron chi connectivity index (χ0n) is 17.9. The van der Waals surface area contributed by atoms with E-state index in [0.29, 0.717) is 30.2 Å². The van der Waals surface area contributed by atoms with Crippen LogP contribution in [0.15, 0.2) is 18.2 Å². The summed E-state index contributed by atoms with van der Waals surface area (Å²) in [5.41, 5.74) is 2.75. The van der Waals surface area contributed by atoms with Gasteiger partial charge in [-0.25, -0.2) is 0 Å². The van der Waals surface area contributed by atoms with Crippen molar-refractivity contribution in [1.29, 1.82) is 0 Å². The molecule has 1 aromatic carbocycles. The van der Waals surface area contributed by atoms with Gasteiger partial charge in [-0.05, 0) is 97.9 Å². The van der Waals surface area contributed by atoms with Gasteiger partial charge in [0.1, 0.15) is 5.75 Å². The molecule has 1 N–H and O–H groups in total. The topological polar surface area (TPSA) is 26.7 Å². The Balaban J connectivity index is 1.36. The Morgan fingerprint density at radius 1 is 1.10 bits per heavy atom. The molecule has 0 amide bonds. The lowest BCUT2D eigenvalue weighted by Gasteiger charge is -2.66.